The minimum absolute atomic E-state index is 0.483. The van der Waals surface area contributed by atoms with E-state index in [9.17, 15) is 0 Å². The Morgan fingerprint density at radius 1 is 1.50 bits per heavy atom. The Hall–Kier alpha value is -0.120. The lowest BCUT2D eigenvalue weighted by Crippen LogP contribution is -2.47. The molecular formula is C13H26N2O. The summed E-state index contributed by atoms with van der Waals surface area (Å²) in [4.78, 5) is 2.61. The minimum Gasteiger partial charge on any atom is -0.376 e. The Bertz CT molecular complexity index is 212. The van der Waals surface area contributed by atoms with Crippen molar-refractivity contribution in [1.82, 2.24) is 10.2 Å². The van der Waals surface area contributed by atoms with Crippen LogP contribution in [0.4, 0.5) is 0 Å². The van der Waals surface area contributed by atoms with Crippen molar-refractivity contribution in [2.45, 2.75) is 39.2 Å². The van der Waals surface area contributed by atoms with Gasteiger partial charge in [0.05, 0.1) is 12.7 Å². The molecule has 0 aromatic heterocycles. The van der Waals surface area contributed by atoms with Crippen LogP contribution in [0.2, 0.25) is 0 Å². The van der Waals surface area contributed by atoms with Crippen molar-refractivity contribution in [3.63, 3.8) is 0 Å². The zero-order valence-electron chi connectivity index (χ0n) is 10.8. The Labute approximate surface area is 99.5 Å². The summed E-state index contributed by atoms with van der Waals surface area (Å²) in [6.45, 7) is 11.5. The quantitative estimate of drug-likeness (QED) is 0.786. The van der Waals surface area contributed by atoms with E-state index >= 15 is 0 Å². The van der Waals surface area contributed by atoms with Crippen LogP contribution in [0.5, 0.6) is 0 Å². The molecule has 2 aliphatic rings. The van der Waals surface area contributed by atoms with Gasteiger partial charge >= 0.3 is 0 Å². The molecule has 0 aromatic rings. The number of rotatable bonds is 4. The lowest BCUT2D eigenvalue weighted by molar-refractivity contribution is -0.0418. The fourth-order valence-electron chi connectivity index (χ4n) is 2.96. The fourth-order valence-corrected chi connectivity index (χ4v) is 2.96. The van der Waals surface area contributed by atoms with Crippen molar-refractivity contribution < 1.29 is 4.74 Å². The second kappa shape index (κ2) is 5.48. The predicted octanol–water partition coefficient (Wildman–Crippen LogP) is 1.49. The highest BCUT2D eigenvalue weighted by Crippen LogP contribution is 2.26. The third kappa shape index (κ3) is 3.19. The molecule has 16 heavy (non-hydrogen) atoms. The number of hydrogen-bond acceptors (Lipinski definition) is 3. The monoisotopic (exact) mass is 226 g/mol. The summed E-state index contributed by atoms with van der Waals surface area (Å²) < 4.78 is 5.79. The molecule has 3 nitrogen and oxygen atoms in total. The normalized spacial score (nSPS) is 36.8. The van der Waals surface area contributed by atoms with E-state index in [1.165, 1.54) is 38.9 Å². The van der Waals surface area contributed by atoms with Crippen molar-refractivity contribution >= 4 is 0 Å². The maximum absolute atomic E-state index is 5.79. The van der Waals surface area contributed by atoms with Crippen LogP contribution in [0.3, 0.4) is 0 Å². The van der Waals surface area contributed by atoms with Crippen molar-refractivity contribution in [3.05, 3.63) is 0 Å². The Kier molecular flexibility index (Phi) is 4.22. The van der Waals surface area contributed by atoms with Crippen LogP contribution < -0.4 is 5.32 Å². The molecule has 2 heterocycles. The van der Waals surface area contributed by atoms with Crippen molar-refractivity contribution in [2.24, 2.45) is 5.41 Å². The van der Waals surface area contributed by atoms with Gasteiger partial charge in [-0.2, -0.15) is 0 Å². The van der Waals surface area contributed by atoms with Crippen LogP contribution in [-0.2, 0) is 4.74 Å². The maximum atomic E-state index is 5.79. The van der Waals surface area contributed by atoms with Gasteiger partial charge < -0.3 is 10.1 Å². The molecule has 2 rings (SSSR count). The van der Waals surface area contributed by atoms with E-state index in [-0.39, 0.29) is 0 Å². The average Bonchev–Trinajstić information content (AvgIpc) is 2.66. The first-order valence-corrected chi connectivity index (χ1v) is 6.76. The van der Waals surface area contributed by atoms with Gasteiger partial charge in [0, 0.05) is 26.2 Å². The molecule has 0 aliphatic carbocycles. The third-order valence-corrected chi connectivity index (χ3v) is 3.90. The lowest BCUT2D eigenvalue weighted by atomic mass is 9.89. The highest BCUT2D eigenvalue weighted by atomic mass is 16.5. The lowest BCUT2D eigenvalue weighted by Gasteiger charge is -2.37. The van der Waals surface area contributed by atoms with Gasteiger partial charge in [0.2, 0.25) is 0 Å². The molecule has 2 atom stereocenters. The summed E-state index contributed by atoms with van der Waals surface area (Å²) in [5.74, 6) is 0. The highest BCUT2D eigenvalue weighted by molar-refractivity contribution is 4.87. The second-order valence-electron chi connectivity index (χ2n) is 5.75. The van der Waals surface area contributed by atoms with E-state index in [1.54, 1.807) is 0 Å². The molecule has 0 bridgehead atoms. The number of hydrogen-bond donors (Lipinski definition) is 1. The minimum atomic E-state index is 0.483. The standard InChI is InChI=1S/C13H26N2O/c1-3-4-12-9-15(7-8-16-12)11-13(2)5-6-14-10-13/h12,14H,3-11H2,1-2H3. The number of morpholine rings is 1. The second-order valence-corrected chi connectivity index (χ2v) is 5.75. The van der Waals surface area contributed by atoms with Gasteiger partial charge in [0.25, 0.3) is 0 Å². The molecule has 0 aromatic carbocycles. The number of ether oxygens (including phenoxy) is 1. The molecule has 1 N–H and O–H groups in total. The van der Waals surface area contributed by atoms with Gasteiger partial charge in [-0.15, -0.1) is 0 Å². The molecule has 0 radical (unpaired) electrons. The van der Waals surface area contributed by atoms with Crippen LogP contribution in [0.25, 0.3) is 0 Å². The van der Waals surface area contributed by atoms with E-state index in [4.69, 9.17) is 4.74 Å². The smallest absolute Gasteiger partial charge is 0.0702 e. The van der Waals surface area contributed by atoms with E-state index in [2.05, 4.69) is 24.1 Å². The highest BCUT2D eigenvalue weighted by Gasteiger charge is 2.32. The average molecular weight is 226 g/mol. The van der Waals surface area contributed by atoms with Crippen molar-refractivity contribution in [3.8, 4) is 0 Å². The zero-order chi connectivity index (χ0) is 11.4. The van der Waals surface area contributed by atoms with E-state index < -0.39 is 0 Å². The summed E-state index contributed by atoms with van der Waals surface area (Å²) >= 11 is 0. The van der Waals surface area contributed by atoms with Crippen LogP contribution >= 0.6 is 0 Å². The first-order chi connectivity index (χ1) is 7.72. The SMILES string of the molecule is CCCC1CN(CC2(C)CCNC2)CCO1. The van der Waals surface area contributed by atoms with Gasteiger partial charge in [-0.05, 0) is 24.8 Å². The van der Waals surface area contributed by atoms with Crippen LogP contribution in [0.15, 0.2) is 0 Å². The molecular weight excluding hydrogens is 200 g/mol. The van der Waals surface area contributed by atoms with Gasteiger partial charge in [-0.3, -0.25) is 4.90 Å². The van der Waals surface area contributed by atoms with Crippen molar-refractivity contribution in [2.75, 3.05) is 39.3 Å². The Balaban J connectivity index is 1.80. The molecule has 3 heteroatoms. The van der Waals surface area contributed by atoms with Gasteiger partial charge in [0.15, 0.2) is 0 Å². The van der Waals surface area contributed by atoms with E-state index in [0.717, 1.165) is 19.7 Å². The zero-order valence-corrected chi connectivity index (χ0v) is 10.8. The van der Waals surface area contributed by atoms with E-state index in [1.807, 2.05) is 0 Å². The first kappa shape index (κ1) is 12.3. The topological polar surface area (TPSA) is 24.5 Å². The van der Waals surface area contributed by atoms with Gasteiger partial charge in [-0.25, -0.2) is 0 Å². The molecule has 94 valence electrons. The summed E-state index contributed by atoms with van der Waals surface area (Å²) in [5, 5.41) is 3.48. The number of nitrogens with one attached hydrogen (secondary N) is 1. The van der Waals surface area contributed by atoms with Gasteiger partial charge in [-0.1, -0.05) is 20.3 Å². The molecule has 0 saturated carbocycles. The molecule has 2 fully saturated rings. The fraction of sp³-hybridized carbons (Fsp3) is 1.00. The molecule has 2 unspecified atom stereocenters. The summed E-state index contributed by atoms with van der Waals surface area (Å²) in [6, 6.07) is 0. The predicted molar refractivity (Wildman–Crippen MR) is 66.7 cm³/mol. The van der Waals surface area contributed by atoms with Crippen LogP contribution in [0.1, 0.15) is 33.1 Å². The Morgan fingerprint density at radius 2 is 2.38 bits per heavy atom. The molecule has 0 spiro atoms. The van der Waals surface area contributed by atoms with Crippen molar-refractivity contribution in [1.29, 1.82) is 0 Å². The van der Waals surface area contributed by atoms with Crippen LogP contribution in [0, 0.1) is 5.41 Å². The summed E-state index contributed by atoms with van der Waals surface area (Å²) in [7, 11) is 0. The summed E-state index contributed by atoms with van der Waals surface area (Å²) in [5.41, 5.74) is 0.494. The molecule has 2 aliphatic heterocycles. The Morgan fingerprint density at radius 3 is 3.06 bits per heavy atom. The molecule has 2 saturated heterocycles. The van der Waals surface area contributed by atoms with Gasteiger partial charge in [0.1, 0.15) is 0 Å². The summed E-state index contributed by atoms with van der Waals surface area (Å²) in [6.07, 6.45) is 4.25. The number of nitrogens with zero attached hydrogens (tertiary/aromatic N) is 1. The largest absolute Gasteiger partial charge is 0.376 e. The van der Waals surface area contributed by atoms with Crippen LogP contribution in [-0.4, -0.2) is 50.3 Å². The maximum Gasteiger partial charge on any atom is 0.0702 e. The third-order valence-electron chi connectivity index (χ3n) is 3.90. The first-order valence-electron chi connectivity index (χ1n) is 6.76. The molecule has 0 amide bonds. The van der Waals surface area contributed by atoms with E-state index in [0.29, 0.717) is 11.5 Å².